The molecular formula is C21H30N4O5S. The van der Waals surface area contributed by atoms with Gasteiger partial charge in [-0.05, 0) is 57.8 Å². The number of ether oxygens (including phenoxy) is 2. The van der Waals surface area contributed by atoms with E-state index in [0.717, 1.165) is 36.9 Å². The zero-order valence-electron chi connectivity index (χ0n) is 17.8. The minimum atomic E-state index is -3.34. The van der Waals surface area contributed by atoms with Gasteiger partial charge in [-0.25, -0.2) is 23.1 Å². The molecule has 1 aromatic heterocycles. The summed E-state index contributed by atoms with van der Waals surface area (Å²) >= 11 is 0. The first kappa shape index (κ1) is 21.1. The van der Waals surface area contributed by atoms with E-state index in [1.807, 2.05) is 6.92 Å². The number of fused-ring (bicyclic) bond motifs is 5. The van der Waals surface area contributed by atoms with Gasteiger partial charge in [0, 0.05) is 23.8 Å². The Hall–Kier alpha value is -1.78. The molecule has 10 heteroatoms. The quantitative estimate of drug-likeness (QED) is 0.738. The van der Waals surface area contributed by atoms with Crippen LogP contribution in [-0.4, -0.2) is 72.4 Å². The minimum absolute atomic E-state index is 0.115. The third-order valence-electron chi connectivity index (χ3n) is 7.11. The zero-order valence-corrected chi connectivity index (χ0v) is 18.6. The lowest BCUT2D eigenvalue weighted by Gasteiger charge is -2.32. The fourth-order valence-corrected chi connectivity index (χ4v) is 6.85. The van der Waals surface area contributed by atoms with Crippen molar-refractivity contribution in [3.8, 4) is 5.88 Å². The van der Waals surface area contributed by atoms with Crippen LogP contribution in [0, 0.1) is 6.92 Å². The summed E-state index contributed by atoms with van der Waals surface area (Å²) in [4.78, 5) is 23.5. The maximum atomic E-state index is 13.1. The Balaban J connectivity index is 1.40. The van der Waals surface area contributed by atoms with E-state index in [2.05, 4.69) is 14.7 Å². The van der Waals surface area contributed by atoms with Gasteiger partial charge in [0.15, 0.2) is 6.61 Å². The second-order valence-corrected chi connectivity index (χ2v) is 11.2. The molecule has 5 aliphatic rings. The van der Waals surface area contributed by atoms with Crippen molar-refractivity contribution in [2.75, 3.05) is 19.8 Å². The van der Waals surface area contributed by atoms with Gasteiger partial charge in [0.05, 0.1) is 24.0 Å². The van der Waals surface area contributed by atoms with Gasteiger partial charge in [-0.15, -0.1) is 0 Å². The molecule has 2 aliphatic carbocycles. The number of amides is 1. The number of aryl methyl sites for hydroxylation is 1. The lowest BCUT2D eigenvalue weighted by atomic mass is 9.82. The molecule has 31 heavy (non-hydrogen) atoms. The molecule has 3 aliphatic heterocycles. The molecule has 1 N–H and O–H groups in total. The van der Waals surface area contributed by atoms with Crippen molar-refractivity contribution in [1.29, 1.82) is 0 Å². The molecule has 2 bridgehead atoms. The van der Waals surface area contributed by atoms with Crippen LogP contribution in [0.4, 0.5) is 0 Å². The molecule has 2 atom stereocenters. The third kappa shape index (κ3) is 4.29. The Morgan fingerprint density at radius 2 is 1.87 bits per heavy atom. The van der Waals surface area contributed by atoms with E-state index in [1.54, 1.807) is 4.90 Å². The first-order valence-corrected chi connectivity index (χ1v) is 12.8. The third-order valence-corrected chi connectivity index (χ3v) is 9.09. The number of hydrogen-bond acceptors (Lipinski definition) is 7. The molecule has 0 radical (unpaired) electrons. The standard InChI is InChI=1S/C21H30N4O5S/c1-13-20-14-2-4-15(5-3-14)29-10-18-17(24-31(27,28)16-6-7-16)8-9-25(18)19(26)11-30-21(20)23-12-22-13/h12,14-18,24H,2-11H2,1H3/t14?,15?,17-,18-/m0/s1. The summed E-state index contributed by atoms with van der Waals surface area (Å²) in [5, 5.41) is -0.286. The number of carbonyl (C=O) groups is 1. The van der Waals surface area contributed by atoms with E-state index in [9.17, 15) is 13.2 Å². The summed E-state index contributed by atoms with van der Waals surface area (Å²) in [5.74, 6) is 0.617. The second kappa shape index (κ2) is 8.29. The van der Waals surface area contributed by atoms with Crippen LogP contribution in [0.1, 0.15) is 62.1 Å². The summed E-state index contributed by atoms with van der Waals surface area (Å²) < 4.78 is 40.1. The van der Waals surface area contributed by atoms with Gasteiger partial charge in [-0.1, -0.05) is 0 Å². The van der Waals surface area contributed by atoms with Gasteiger partial charge in [0.25, 0.3) is 5.91 Å². The summed E-state index contributed by atoms with van der Waals surface area (Å²) in [6, 6.07) is -0.650. The normalized spacial score (nSPS) is 31.8. The molecule has 1 saturated heterocycles. The average molecular weight is 451 g/mol. The van der Waals surface area contributed by atoms with Gasteiger partial charge in [0.1, 0.15) is 6.33 Å². The van der Waals surface area contributed by atoms with Crippen LogP contribution in [0.15, 0.2) is 6.33 Å². The number of carbonyl (C=O) groups excluding carboxylic acids is 1. The molecule has 0 aromatic carbocycles. The molecule has 0 spiro atoms. The molecule has 9 nitrogen and oxygen atoms in total. The Morgan fingerprint density at radius 1 is 1.10 bits per heavy atom. The van der Waals surface area contributed by atoms with Gasteiger partial charge < -0.3 is 14.4 Å². The summed E-state index contributed by atoms with van der Waals surface area (Å²) in [7, 11) is -3.34. The first-order chi connectivity index (χ1) is 14.9. The van der Waals surface area contributed by atoms with Crippen LogP contribution >= 0.6 is 0 Å². The van der Waals surface area contributed by atoms with Crippen LogP contribution in [0.2, 0.25) is 0 Å². The van der Waals surface area contributed by atoms with Crippen LogP contribution in [-0.2, 0) is 19.6 Å². The molecule has 2 saturated carbocycles. The van der Waals surface area contributed by atoms with E-state index in [1.165, 1.54) is 6.33 Å². The Kier molecular flexibility index (Phi) is 5.64. The van der Waals surface area contributed by atoms with Crippen LogP contribution in [0.25, 0.3) is 0 Å². The summed E-state index contributed by atoms with van der Waals surface area (Å²) in [6.07, 6.45) is 7.33. The fraction of sp³-hybridized carbons (Fsp3) is 0.762. The largest absolute Gasteiger partial charge is 0.467 e. The monoisotopic (exact) mass is 450 g/mol. The van der Waals surface area contributed by atoms with E-state index in [0.29, 0.717) is 44.2 Å². The van der Waals surface area contributed by atoms with Crippen molar-refractivity contribution in [3.05, 3.63) is 17.6 Å². The number of hydrogen-bond donors (Lipinski definition) is 1. The van der Waals surface area contributed by atoms with Crippen molar-refractivity contribution in [2.24, 2.45) is 0 Å². The highest BCUT2D eigenvalue weighted by Crippen LogP contribution is 2.39. The van der Waals surface area contributed by atoms with Crippen molar-refractivity contribution in [1.82, 2.24) is 19.6 Å². The Bertz CT molecular complexity index is 943. The van der Waals surface area contributed by atoms with Crippen molar-refractivity contribution in [3.63, 3.8) is 0 Å². The fourth-order valence-electron chi connectivity index (χ4n) is 5.21. The number of nitrogens with zero attached hydrogens (tertiary/aromatic N) is 3. The molecule has 1 aromatic rings. The molecule has 3 fully saturated rings. The first-order valence-electron chi connectivity index (χ1n) is 11.3. The highest BCUT2D eigenvalue weighted by atomic mass is 32.2. The molecule has 170 valence electrons. The molecule has 6 rings (SSSR count). The maximum Gasteiger partial charge on any atom is 0.260 e. The molecule has 1 amide bonds. The SMILES string of the molecule is Cc1ncnc2c1C1CCC(CC1)OC[C@H]1[C@@H](NS(=O)(=O)C3CC3)CCN1C(=O)CO2. The lowest BCUT2D eigenvalue weighted by molar-refractivity contribution is -0.136. The zero-order chi connectivity index (χ0) is 21.6. The van der Waals surface area contributed by atoms with Gasteiger partial charge in [-0.2, -0.15) is 0 Å². The van der Waals surface area contributed by atoms with Crippen molar-refractivity contribution in [2.45, 2.75) is 81.2 Å². The highest BCUT2D eigenvalue weighted by molar-refractivity contribution is 7.90. The van der Waals surface area contributed by atoms with Gasteiger partial charge in [-0.3, -0.25) is 4.79 Å². The minimum Gasteiger partial charge on any atom is -0.467 e. The molecule has 0 unspecified atom stereocenters. The highest BCUT2D eigenvalue weighted by Gasteiger charge is 2.44. The number of aromatic nitrogens is 2. The maximum absolute atomic E-state index is 13.1. The average Bonchev–Trinajstić information content (AvgIpc) is 3.54. The van der Waals surface area contributed by atoms with Crippen LogP contribution in [0.5, 0.6) is 5.88 Å². The topological polar surface area (TPSA) is 111 Å². The van der Waals surface area contributed by atoms with Crippen LogP contribution < -0.4 is 9.46 Å². The second-order valence-electron chi connectivity index (χ2n) is 9.19. The summed E-state index contributed by atoms with van der Waals surface area (Å²) in [6.45, 7) is 2.65. The van der Waals surface area contributed by atoms with E-state index < -0.39 is 10.0 Å². The number of nitrogens with one attached hydrogen (secondary N) is 1. The predicted octanol–water partition coefficient (Wildman–Crippen LogP) is 1.27. The molecule has 4 heterocycles. The Labute approximate surface area is 183 Å². The number of rotatable bonds is 3. The summed E-state index contributed by atoms with van der Waals surface area (Å²) in [5.41, 5.74) is 1.89. The van der Waals surface area contributed by atoms with E-state index >= 15 is 0 Å². The van der Waals surface area contributed by atoms with Gasteiger partial charge in [0.2, 0.25) is 15.9 Å². The Morgan fingerprint density at radius 3 is 2.61 bits per heavy atom. The van der Waals surface area contributed by atoms with Crippen molar-refractivity contribution < 1.29 is 22.7 Å². The smallest absolute Gasteiger partial charge is 0.260 e. The predicted molar refractivity (Wildman–Crippen MR) is 112 cm³/mol. The van der Waals surface area contributed by atoms with E-state index in [-0.39, 0.29) is 36.0 Å². The lowest BCUT2D eigenvalue weighted by Crippen LogP contribution is -2.51. The molecular weight excluding hydrogens is 420 g/mol. The van der Waals surface area contributed by atoms with E-state index in [4.69, 9.17) is 9.47 Å². The number of sulfonamides is 1. The van der Waals surface area contributed by atoms with Gasteiger partial charge >= 0.3 is 0 Å². The van der Waals surface area contributed by atoms with Crippen LogP contribution in [0.3, 0.4) is 0 Å². The van der Waals surface area contributed by atoms with Crippen molar-refractivity contribution >= 4 is 15.9 Å².